The third-order valence-corrected chi connectivity index (χ3v) is 5.98. The highest BCUT2D eigenvalue weighted by Crippen LogP contribution is 2.33. The van der Waals surface area contributed by atoms with Crippen LogP contribution >= 0.6 is 0 Å². The Labute approximate surface area is 205 Å². The molecule has 1 saturated heterocycles. The van der Waals surface area contributed by atoms with Crippen molar-refractivity contribution < 1.29 is 23.0 Å². The number of ether oxygens (including phenoxy) is 1. The van der Waals surface area contributed by atoms with Gasteiger partial charge in [-0.15, -0.1) is 0 Å². The second-order valence-corrected chi connectivity index (χ2v) is 8.32. The summed E-state index contributed by atoms with van der Waals surface area (Å²) in [5.74, 6) is -0.644. The number of hydrogen-bond donors (Lipinski definition) is 2. The van der Waals surface area contributed by atoms with Gasteiger partial charge in [0.25, 0.3) is 5.56 Å². The van der Waals surface area contributed by atoms with Crippen molar-refractivity contribution in [3.8, 4) is 34.2 Å². The molecule has 3 aromatic rings. The number of nitriles is 1. The molecule has 0 radical (unpaired) electrons. The van der Waals surface area contributed by atoms with Crippen LogP contribution in [0.3, 0.4) is 0 Å². The Kier molecular flexibility index (Phi) is 7.57. The number of piperidine rings is 1. The van der Waals surface area contributed by atoms with Crippen molar-refractivity contribution in [1.29, 1.82) is 5.26 Å². The van der Waals surface area contributed by atoms with E-state index in [2.05, 4.69) is 4.98 Å². The topological polar surface area (TPSA) is 117 Å². The van der Waals surface area contributed by atoms with Gasteiger partial charge in [0.1, 0.15) is 24.2 Å². The molecular formula is C25H24F3N5O3. The normalized spacial score (nSPS) is 14.2. The molecule has 0 amide bonds. The maximum absolute atomic E-state index is 14.5. The summed E-state index contributed by atoms with van der Waals surface area (Å²) in [7, 11) is 0. The number of aromatic nitrogens is 2. The van der Waals surface area contributed by atoms with Gasteiger partial charge >= 0.3 is 6.55 Å². The quantitative estimate of drug-likeness (QED) is 0.512. The van der Waals surface area contributed by atoms with Crippen LogP contribution in [-0.4, -0.2) is 47.0 Å². The molecule has 3 N–H and O–H groups in total. The minimum absolute atomic E-state index is 0.00851. The molecule has 0 unspecified atom stereocenters. The number of rotatable bonds is 7. The van der Waals surface area contributed by atoms with E-state index in [1.54, 1.807) is 11.0 Å². The summed E-state index contributed by atoms with van der Waals surface area (Å²) in [6.07, 6.45) is 1.08. The van der Waals surface area contributed by atoms with E-state index in [9.17, 15) is 18.0 Å². The average molecular weight is 499 g/mol. The molecule has 8 nitrogen and oxygen atoms in total. The first-order valence-electron chi connectivity index (χ1n) is 11.3. The number of anilines is 1. The van der Waals surface area contributed by atoms with Gasteiger partial charge < -0.3 is 20.5 Å². The lowest BCUT2D eigenvalue weighted by atomic mass is 9.99. The monoisotopic (exact) mass is 499 g/mol. The first kappa shape index (κ1) is 25.2. The van der Waals surface area contributed by atoms with Gasteiger partial charge in [-0.25, -0.2) is 13.9 Å². The maximum Gasteiger partial charge on any atom is 0.324 e. The SMILES string of the molecule is N#Cc1ccc(-c2nc(N3CCC(N)CC3)n(C(F)F)c(=O)c2-c2ccc(OCCO)cc2)cc1F. The lowest BCUT2D eigenvalue weighted by Crippen LogP contribution is -2.43. The van der Waals surface area contributed by atoms with Crippen molar-refractivity contribution >= 4 is 5.95 Å². The van der Waals surface area contributed by atoms with Crippen molar-refractivity contribution in [1.82, 2.24) is 9.55 Å². The zero-order valence-electron chi connectivity index (χ0n) is 19.2. The fourth-order valence-electron chi connectivity index (χ4n) is 4.12. The minimum atomic E-state index is -3.17. The molecule has 1 aliphatic rings. The van der Waals surface area contributed by atoms with Crippen LogP contribution in [0.4, 0.5) is 19.1 Å². The molecule has 36 heavy (non-hydrogen) atoms. The predicted molar refractivity (Wildman–Crippen MR) is 127 cm³/mol. The molecule has 1 aromatic heterocycles. The Hall–Kier alpha value is -3.88. The van der Waals surface area contributed by atoms with Gasteiger partial charge in [0.15, 0.2) is 0 Å². The van der Waals surface area contributed by atoms with Crippen LogP contribution in [-0.2, 0) is 0 Å². The van der Waals surface area contributed by atoms with Crippen molar-refractivity contribution in [2.75, 3.05) is 31.2 Å². The summed E-state index contributed by atoms with van der Waals surface area (Å²) in [4.78, 5) is 19.6. The molecule has 0 aliphatic carbocycles. The molecule has 2 heterocycles. The van der Waals surface area contributed by atoms with Gasteiger partial charge in [-0.1, -0.05) is 18.2 Å². The predicted octanol–water partition coefficient (Wildman–Crippen LogP) is 3.28. The Morgan fingerprint density at radius 3 is 2.42 bits per heavy atom. The van der Waals surface area contributed by atoms with Crippen LogP contribution in [0.2, 0.25) is 0 Å². The average Bonchev–Trinajstić information content (AvgIpc) is 2.87. The molecule has 2 aromatic carbocycles. The lowest BCUT2D eigenvalue weighted by Gasteiger charge is -2.32. The third-order valence-electron chi connectivity index (χ3n) is 5.98. The summed E-state index contributed by atoms with van der Waals surface area (Å²) in [5.41, 5.74) is 5.06. The highest BCUT2D eigenvalue weighted by Gasteiger charge is 2.28. The van der Waals surface area contributed by atoms with Crippen LogP contribution in [0.1, 0.15) is 25.0 Å². The standard InChI is InChI=1S/C25H24F3N5O3/c26-20-13-16(1-2-17(20)14-29)22-21(15-3-5-19(6-4-15)36-12-11-34)23(35)33(24(27)28)25(31-22)32-9-7-18(30)8-10-32/h1-6,13,18,24,34H,7-12,30H2. The van der Waals surface area contributed by atoms with E-state index in [0.29, 0.717) is 36.2 Å². The summed E-state index contributed by atoms with van der Waals surface area (Å²) in [5, 5.41) is 18.0. The second-order valence-electron chi connectivity index (χ2n) is 8.32. The van der Waals surface area contributed by atoms with E-state index in [0.717, 1.165) is 6.07 Å². The molecule has 0 bridgehead atoms. The van der Waals surface area contributed by atoms with Crippen molar-refractivity contribution in [3.63, 3.8) is 0 Å². The first-order chi connectivity index (χ1) is 17.3. The first-order valence-corrected chi connectivity index (χ1v) is 11.3. The number of alkyl halides is 2. The van der Waals surface area contributed by atoms with E-state index < -0.39 is 17.9 Å². The van der Waals surface area contributed by atoms with Crippen LogP contribution < -0.4 is 20.9 Å². The minimum Gasteiger partial charge on any atom is -0.491 e. The number of aliphatic hydroxyl groups is 1. The number of benzene rings is 2. The summed E-state index contributed by atoms with van der Waals surface area (Å²) in [6, 6.07) is 11.5. The van der Waals surface area contributed by atoms with Gasteiger partial charge in [-0.05, 0) is 42.7 Å². The number of halogens is 3. The highest BCUT2D eigenvalue weighted by atomic mass is 19.3. The van der Waals surface area contributed by atoms with E-state index in [-0.39, 0.29) is 53.2 Å². The molecule has 11 heteroatoms. The number of aliphatic hydroxyl groups excluding tert-OH is 1. The van der Waals surface area contributed by atoms with E-state index in [4.69, 9.17) is 20.8 Å². The van der Waals surface area contributed by atoms with E-state index in [1.807, 2.05) is 0 Å². The van der Waals surface area contributed by atoms with Gasteiger partial charge in [0.2, 0.25) is 5.95 Å². The Balaban J connectivity index is 1.94. The molecule has 0 saturated carbocycles. The van der Waals surface area contributed by atoms with Crippen LogP contribution in [0, 0.1) is 17.1 Å². The van der Waals surface area contributed by atoms with Crippen LogP contribution in [0.15, 0.2) is 47.3 Å². The van der Waals surface area contributed by atoms with Gasteiger partial charge in [-0.3, -0.25) is 4.79 Å². The van der Waals surface area contributed by atoms with Crippen LogP contribution in [0.25, 0.3) is 22.4 Å². The molecule has 0 atom stereocenters. The van der Waals surface area contributed by atoms with Crippen molar-refractivity contribution in [2.24, 2.45) is 5.73 Å². The fraction of sp³-hybridized carbons (Fsp3) is 0.320. The zero-order chi connectivity index (χ0) is 25.8. The summed E-state index contributed by atoms with van der Waals surface area (Å²) in [6.45, 7) is -2.64. The number of nitrogens with zero attached hydrogens (tertiary/aromatic N) is 4. The van der Waals surface area contributed by atoms with Crippen molar-refractivity contribution in [2.45, 2.75) is 25.4 Å². The molecule has 4 rings (SSSR count). The zero-order valence-corrected chi connectivity index (χ0v) is 19.2. The van der Waals surface area contributed by atoms with E-state index >= 15 is 0 Å². The Morgan fingerprint density at radius 2 is 1.83 bits per heavy atom. The molecule has 1 fully saturated rings. The Bertz CT molecular complexity index is 1330. The smallest absolute Gasteiger partial charge is 0.324 e. The Morgan fingerprint density at radius 1 is 1.17 bits per heavy atom. The largest absolute Gasteiger partial charge is 0.491 e. The van der Waals surface area contributed by atoms with Crippen LogP contribution in [0.5, 0.6) is 5.75 Å². The van der Waals surface area contributed by atoms with Gasteiger partial charge in [0.05, 0.1) is 23.4 Å². The number of nitrogens with two attached hydrogens (primary N) is 1. The van der Waals surface area contributed by atoms with E-state index in [1.165, 1.54) is 36.4 Å². The fourth-order valence-corrected chi connectivity index (χ4v) is 4.12. The number of hydrogen-bond acceptors (Lipinski definition) is 7. The third kappa shape index (κ3) is 5.05. The molecular weight excluding hydrogens is 475 g/mol. The molecule has 188 valence electrons. The lowest BCUT2D eigenvalue weighted by molar-refractivity contribution is 0.0667. The second kappa shape index (κ2) is 10.8. The van der Waals surface area contributed by atoms with Gasteiger partial charge in [-0.2, -0.15) is 14.0 Å². The van der Waals surface area contributed by atoms with Gasteiger partial charge in [0, 0.05) is 24.7 Å². The summed E-state index contributed by atoms with van der Waals surface area (Å²) >= 11 is 0. The molecule has 1 aliphatic heterocycles. The molecule has 0 spiro atoms. The maximum atomic E-state index is 14.5. The highest BCUT2D eigenvalue weighted by molar-refractivity contribution is 5.81. The summed E-state index contributed by atoms with van der Waals surface area (Å²) < 4.78 is 48.7. The van der Waals surface area contributed by atoms with Crippen molar-refractivity contribution in [3.05, 3.63) is 64.2 Å².